The number of nitrogens with one attached hydrogen (secondary N) is 2. The SMILES string of the molecule is CCOc1cc(C)ccc1CNC(=O)N1CCCC[C@H]1c1ncc[nH]1. The second-order valence-corrected chi connectivity index (χ2v) is 6.38. The fraction of sp³-hybridized carbons (Fsp3) is 0.474. The van der Waals surface area contributed by atoms with Gasteiger partial charge in [-0.25, -0.2) is 9.78 Å². The number of imidazole rings is 1. The molecule has 6 heteroatoms. The summed E-state index contributed by atoms with van der Waals surface area (Å²) < 4.78 is 5.70. The molecule has 1 aliphatic heterocycles. The quantitative estimate of drug-likeness (QED) is 0.873. The number of nitrogens with zero attached hydrogens (tertiary/aromatic N) is 2. The molecule has 134 valence electrons. The number of aromatic nitrogens is 2. The number of benzene rings is 1. The number of carbonyl (C=O) groups excluding carboxylic acids is 1. The van der Waals surface area contributed by atoms with Gasteiger partial charge in [0.05, 0.1) is 12.6 Å². The molecule has 25 heavy (non-hydrogen) atoms. The summed E-state index contributed by atoms with van der Waals surface area (Å²) in [7, 11) is 0. The molecular weight excluding hydrogens is 316 g/mol. The van der Waals surface area contributed by atoms with Crippen molar-refractivity contribution in [3.8, 4) is 5.75 Å². The van der Waals surface area contributed by atoms with Crippen LogP contribution in [0.5, 0.6) is 5.75 Å². The van der Waals surface area contributed by atoms with Crippen molar-refractivity contribution in [3.05, 3.63) is 47.5 Å². The Morgan fingerprint density at radius 3 is 3.08 bits per heavy atom. The van der Waals surface area contributed by atoms with Crippen molar-refractivity contribution in [1.29, 1.82) is 0 Å². The lowest BCUT2D eigenvalue weighted by atomic mass is 10.0. The van der Waals surface area contributed by atoms with Crippen molar-refractivity contribution in [2.45, 2.75) is 45.7 Å². The van der Waals surface area contributed by atoms with E-state index in [-0.39, 0.29) is 12.1 Å². The number of H-pyrrole nitrogens is 1. The van der Waals surface area contributed by atoms with E-state index in [9.17, 15) is 4.79 Å². The topological polar surface area (TPSA) is 70.2 Å². The lowest BCUT2D eigenvalue weighted by Gasteiger charge is -2.34. The van der Waals surface area contributed by atoms with Crippen molar-refractivity contribution in [3.63, 3.8) is 0 Å². The van der Waals surface area contributed by atoms with Gasteiger partial charge in [-0.2, -0.15) is 0 Å². The number of aryl methyl sites for hydroxylation is 1. The summed E-state index contributed by atoms with van der Waals surface area (Å²) >= 11 is 0. The third-order valence-electron chi connectivity index (χ3n) is 4.55. The van der Waals surface area contributed by atoms with E-state index in [0.717, 1.165) is 48.5 Å². The van der Waals surface area contributed by atoms with Gasteiger partial charge in [-0.3, -0.25) is 0 Å². The Bertz CT molecular complexity index is 699. The molecule has 0 radical (unpaired) electrons. The predicted octanol–water partition coefficient (Wildman–Crippen LogP) is 3.55. The fourth-order valence-electron chi connectivity index (χ4n) is 3.29. The van der Waals surface area contributed by atoms with Crippen molar-refractivity contribution >= 4 is 6.03 Å². The van der Waals surface area contributed by atoms with Crippen LogP contribution in [0.15, 0.2) is 30.6 Å². The number of hydrogen-bond donors (Lipinski definition) is 2. The highest BCUT2D eigenvalue weighted by Crippen LogP contribution is 2.29. The molecule has 0 bridgehead atoms. The number of ether oxygens (including phenoxy) is 1. The van der Waals surface area contributed by atoms with Gasteiger partial charge in [-0.15, -0.1) is 0 Å². The highest BCUT2D eigenvalue weighted by atomic mass is 16.5. The van der Waals surface area contributed by atoms with E-state index in [1.165, 1.54) is 0 Å². The Kier molecular flexibility index (Phi) is 5.58. The molecule has 2 aromatic rings. The third-order valence-corrected chi connectivity index (χ3v) is 4.55. The minimum absolute atomic E-state index is 0.0214. The van der Waals surface area contributed by atoms with Crippen LogP contribution in [0.1, 0.15) is 49.2 Å². The summed E-state index contributed by atoms with van der Waals surface area (Å²) in [6, 6.07) is 6.03. The summed E-state index contributed by atoms with van der Waals surface area (Å²) in [6.45, 7) is 5.81. The van der Waals surface area contributed by atoms with Crippen LogP contribution in [-0.2, 0) is 6.54 Å². The molecule has 1 aliphatic rings. The van der Waals surface area contributed by atoms with Gasteiger partial charge in [0.15, 0.2) is 0 Å². The molecular formula is C19H26N4O2. The summed E-state index contributed by atoms with van der Waals surface area (Å²) in [6.07, 6.45) is 6.62. The Morgan fingerprint density at radius 2 is 2.32 bits per heavy atom. The van der Waals surface area contributed by atoms with Gasteiger partial charge in [-0.05, 0) is 44.7 Å². The molecule has 6 nitrogen and oxygen atoms in total. The normalized spacial score (nSPS) is 17.4. The summed E-state index contributed by atoms with van der Waals surface area (Å²) in [5, 5.41) is 3.04. The minimum Gasteiger partial charge on any atom is -0.494 e. The molecule has 1 saturated heterocycles. The first-order valence-corrected chi connectivity index (χ1v) is 8.95. The van der Waals surface area contributed by atoms with Gasteiger partial charge >= 0.3 is 6.03 Å². The van der Waals surface area contributed by atoms with E-state index in [1.807, 2.05) is 36.9 Å². The Balaban J connectivity index is 1.67. The van der Waals surface area contributed by atoms with E-state index >= 15 is 0 Å². The molecule has 0 aliphatic carbocycles. The lowest BCUT2D eigenvalue weighted by molar-refractivity contribution is 0.147. The van der Waals surface area contributed by atoms with E-state index in [4.69, 9.17) is 4.74 Å². The number of carbonyl (C=O) groups is 1. The van der Waals surface area contributed by atoms with Gasteiger partial charge in [0.1, 0.15) is 11.6 Å². The summed E-state index contributed by atoms with van der Waals surface area (Å²) in [5.41, 5.74) is 2.14. The van der Waals surface area contributed by atoms with Crippen LogP contribution in [0.25, 0.3) is 0 Å². The number of rotatable bonds is 5. The van der Waals surface area contributed by atoms with Crippen molar-refractivity contribution < 1.29 is 9.53 Å². The zero-order chi connectivity index (χ0) is 17.6. The molecule has 2 heterocycles. The number of urea groups is 1. The van der Waals surface area contributed by atoms with Gasteiger partial charge in [-0.1, -0.05) is 12.1 Å². The van der Waals surface area contributed by atoms with Crippen LogP contribution in [0.4, 0.5) is 4.79 Å². The molecule has 2 N–H and O–H groups in total. The van der Waals surface area contributed by atoms with Crippen LogP contribution < -0.4 is 10.1 Å². The first kappa shape index (κ1) is 17.3. The lowest BCUT2D eigenvalue weighted by Crippen LogP contribution is -2.44. The number of likely N-dealkylation sites (tertiary alicyclic amines) is 1. The Hall–Kier alpha value is -2.50. The maximum atomic E-state index is 12.7. The minimum atomic E-state index is -0.0517. The van der Waals surface area contributed by atoms with Gasteiger partial charge in [0, 0.05) is 31.0 Å². The highest BCUT2D eigenvalue weighted by molar-refractivity contribution is 5.74. The molecule has 0 unspecified atom stereocenters. The van der Waals surface area contributed by atoms with E-state index in [1.54, 1.807) is 12.4 Å². The summed E-state index contributed by atoms with van der Waals surface area (Å²) in [5.74, 6) is 1.70. The largest absolute Gasteiger partial charge is 0.494 e. The van der Waals surface area contributed by atoms with Crippen LogP contribution in [0.2, 0.25) is 0 Å². The van der Waals surface area contributed by atoms with E-state index in [0.29, 0.717) is 13.2 Å². The smallest absolute Gasteiger partial charge is 0.318 e. The van der Waals surface area contributed by atoms with Crippen LogP contribution >= 0.6 is 0 Å². The molecule has 0 saturated carbocycles. The third kappa shape index (κ3) is 4.13. The number of amides is 2. The molecule has 1 fully saturated rings. The average Bonchev–Trinajstić information content (AvgIpc) is 3.15. The molecule has 2 amide bonds. The van der Waals surface area contributed by atoms with Gasteiger partial charge in [0.2, 0.25) is 0 Å². The van der Waals surface area contributed by atoms with Gasteiger partial charge in [0.25, 0.3) is 0 Å². The zero-order valence-corrected chi connectivity index (χ0v) is 14.9. The molecule has 1 aromatic carbocycles. The van der Waals surface area contributed by atoms with Crippen molar-refractivity contribution in [2.75, 3.05) is 13.2 Å². The maximum Gasteiger partial charge on any atom is 0.318 e. The van der Waals surface area contributed by atoms with Crippen LogP contribution in [0.3, 0.4) is 0 Å². The van der Waals surface area contributed by atoms with Crippen LogP contribution in [-0.4, -0.2) is 34.1 Å². The standard InChI is InChI=1S/C19H26N4O2/c1-3-25-17-12-14(2)7-8-15(17)13-22-19(24)23-11-5-4-6-16(23)18-20-9-10-21-18/h7-10,12,16H,3-6,11,13H2,1-2H3,(H,20,21)(H,22,24)/t16-/m0/s1. The molecule has 3 rings (SSSR count). The zero-order valence-electron chi connectivity index (χ0n) is 14.9. The number of aromatic amines is 1. The maximum absolute atomic E-state index is 12.7. The molecule has 1 aromatic heterocycles. The first-order chi connectivity index (χ1) is 12.2. The summed E-state index contributed by atoms with van der Waals surface area (Å²) in [4.78, 5) is 22.1. The second kappa shape index (κ2) is 8.05. The van der Waals surface area contributed by atoms with Crippen LogP contribution in [0, 0.1) is 6.92 Å². The van der Waals surface area contributed by atoms with Gasteiger partial charge < -0.3 is 19.9 Å². The fourth-order valence-corrected chi connectivity index (χ4v) is 3.29. The van der Waals surface area contributed by atoms with Crippen molar-refractivity contribution in [1.82, 2.24) is 20.2 Å². The number of hydrogen-bond acceptors (Lipinski definition) is 3. The molecule has 0 spiro atoms. The molecule has 1 atom stereocenters. The second-order valence-electron chi connectivity index (χ2n) is 6.38. The van der Waals surface area contributed by atoms with E-state index < -0.39 is 0 Å². The predicted molar refractivity (Wildman–Crippen MR) is 96.5 cm³/mol. The highest BCUT2D eigenvalue weighted by Gasteiger charge is 2.29. The first-order valence-electron chi connectivity index (χ1n) is 8.95. The Labute approximate surface area is 148 Å². The Morgan fingerprint density at radius 1 is 1.44 bits per heavy atom. The van der Waals surface area contributed by atoms with E-state index in [2.05, 4.69) is 15.3 Å². The number of piperidine rings is 1. The monoisotopic (exact) mass is 342 g/mol. The average molecular weight is 342 g/mol. The van der Waals surface area contributed by atoms with Crippen molar-refractivity contribution in [2.24, 2.45) is 0 Å².